The number of nitro groups is 1. The molecule has 3 unspecified atom stereocenters. The van der Waals surface area contributed by atoms with Crippen molar-refractivity contribution in [2.45, 2.75) is 31.7 Å². The van der Waals surface area contributed by atoms with Gasteiger partial charge in [0.15, 0.2) is 0 Å². The quantitative estimate of drug-likeness (QED) is 0.695. The van der Waals surface area contributed by atoms with E-state index in [1.54, 1.807) is 13.0 Å². The third-order valence-corrected chi connectivity index (χ3v) is 4.90. The Kier molecular flexibility index (Phi) is 2.89. The van der Waals surface area contributed by atoms with Crippen LogP contribution in [0.15, 0.2) is 36.4 Å². The normalized spacial score (nSPS) is 25.0. The van der Waals surface area contributed by atoms with Gasteiger partial charge in [-0.25, -0.2) is 4.98 Å². The fourth-order valence-electron chi connectivity index (χ4n) is 3.76. The number of anilines is 1. The zero-order valence-corrected chi connectivity index (χ0v) is 12.3. The minimum absolute atomic E-state index is 0.0732. The van der Waals surface area contributed by atoms with Gasteiger partial charge in [-0.15, -0.1) is 0 Å². The molecule has 0 spiro atoms. The van der Waals surface area contributed by atoms with Gasteiger partial charge in [0.25, 0.3) is 5.69 Å². The Morgan fingerprint density at radius 2 is 2.09 bits per heavy atom. The maximum Gasteiger partial charge on any atom is 0.290 e. The average Bonchev–Trinajstić information content (AvgIpc) is 3.20. The van der Waals surface area contributed by atoms with Crippen molar-refractivity contribution >= 4 is 11.5 Å². The van der Waals surface area contributed by atoms with E-state index in [-0.39, 0.29) is 10.6 Å². The molecular weight excluding hydrogens is 278 g/mol. The lowest BCUT2D eigenvalue weighted by Crippen LogP contribution is -2.08. The first-order chi connectivity index (χ1) is 10.6. The average molecular weight is 295 g/mol. The first kappa shape index (κ1) is 13.2. The lowest BCUT2D eigenvalue weighted by atomic mass is 9.92. The predicted molar refractivity (Wildman–Crippen MR) is 84.0 cm³/mol. The van der Waals surface area contributed by atoms with Gasteiger partial charge in [0, 0.05) is 18.0 Å². The van der Waals surface area contributed by atoms with Gasteiger partial charge in [0.2, 0.25) is 0 Å². The number of hydrogen-bond donors (Lipinski definition) is 1. The van der Waals surface area contributed by atoms with Gasteiger partial charge in [0.05, 0.1) is 4.92 Å². The molecule has 5 heteroatoms. The van der Waals surface area contributed by atoms with Crippen molar-refractivity contribution in [1.82, 2.24) is 4.98 Å². The second kappa shape index (κ2) is 4.80. The third kappa shape index (κ3) is 2.04. The van der Waals surface area contributed by atoms with Crippen LogP contribution in [0.5, 0.6) is 0 Å². The summed E-state index contributed by atoms with van der Waals surface area (Å²) in [4.78, 5) is 14.8. The molecule has 1 heterocycles. The lowest BCUT2D eigenvalue weighted by Gasteiger charge is -2.13. The fourth-order valence-corrected chi connectivity index (χ4v) is 3.76. The van der Waals surface area contributed by atoms with E-state index in [1.165, 1.54) is 23.6 Å². The van der Waals surface area contributed by atoms with Gasteiger partial charge >= 0.3 is 0 Å². The molecule has 0 bridgehead atoms. The van der Waals surface area contributed by atoms with Crippen LogP contribution in [0.1, 0.15) is 29.2 Å². The maximum atomic E-state index is 10.9. The van der Waals surface area contributed by atoms with Gasteiger partial charge in [-0.1, -0.05) is 24.3 Å². The number of aromatic nitrogens is 1. The summed E-state index contributed by atoms with van der Waals surface area (Å²) >= 11 is 0. The number of benzene rings is 1. The number of fused-ring (bicyclic) bond motifs is 3. The van der Waals surface area contributed by atoms with E-state index in [9.17, 15) is 10.1 Å². The van der Waals surface area contributed by atoms with Crippen LogP contribution in [-0.2, 0) is 6.42 Å². The summed E-state index contributed by atoms with van der Waals surface area (Å²) in [7, 11) is 0. The van der Waals surface area contributed by atoms with Crippen LogP contribution in [0.25, 0.3) is 0 Å². The van der Waals surface area contributed by atoms with Crippen LogP contribution in [0.3, 0.4) is 0 Å². The molecule has 1 N–H and O–H groups in total. The van der Waals surface area contributed by atoms with Crippen LogP contribution in [0.4, 0.5) is 11.5 Å². The minimum Gasteiger partial charge on any atom is -0.366 e. The van der Waals surface area contributed by atoms with Crippen molar-refractivity contribution in [3.8, 4) is 0 Å². The Balaban J connectivity index is 1.55. The molecule has 1 saturated carbocycles. The number of nitrogens with zero attached hydrogens (tertiary/aromatic N) is 2. The fraction of sp³-hybridized carbons (Fsp3) is 0.353. The maximum absolute atomic E-state index is 10.9. The highest BCUT2D eigenvalue weighted by molar-refractivity contribution is 5.50. The summed E-state index contributed by atoms with van der Waals surface area (Å²) < 4.78 is 0. The Morgan fingerprint density at radius 1 is 1.27 bits per heavy atom. The summed E-state index contributed by atoms with van der Waals surface area (Å²) in [5.41, 5.74) is 3.44. The van der Waals surface area contributed by atoms with Crippen molar-refractivity contribution in [1.29, 1.82) is 0 Å². The van der Waals surface area contributed by atoms with Crippen LogP contribution < -0.4 is 5.32 Å². The van der Waals surface area contributed by atoms with Gasteiger partial charge in [-0.05, 0) is 42.9 Å². The molecule has 0 amide bonds. The molecule has 5 nitrogen and oxygen atoms in total. The first-order valence-corrected chi connectivity index (χ1v) is 7.61. The van der Waals surface area contributed by atoms with Gasteiger partial charge < -0.3 is 5.32 Å². The molecule has 22 heavy (non-hydrogen) atoms. The van der Waals surface area contributed by atoms with Gasteiger partial charge in [-0.2, -0.15) is 0 Å². The second-order valence-corrected chi connectivity index (χ2v) is 6.16. The van der Waals surface area contributed by atoms with Gasteiger partial charge in [-0.3, -0.25) is 10.1 Å². The smallest absolute Gasteiger partial charge is 0.290 e. The number of pyridine rings is 1. The third-order valence-electron chi connectivity index (χ3n) is 4.90. The molecule has 2 aliphatic carbocycles. The number of aryl methyl sites for hydroxylation is 2. The SMILES string of the molecule is Cc1nc(NC2C3CCc4ccccc4C32)ccc1[N+](=O)[O-]. The van der Waals surface area contributed by atoms with E-state index in [1.807, 2.05) is 0 Å². The molecule has 112 valence electrons. The Morgan fingerprint density at radius 3 is 2.86 bits per heavy atom. The molecule has 1 aromatic heterocycles. The summed E-state index contributed by atoms with van der Waals surface area (Å²) in [5.74, 6) is 1.95. The largest absolute Gasteiger partial charge is 0.366 e. The van der Waals surface area contributed by atoms with Crippen molar-refractivity contribution in [2.24, 2.45) is 5.92 Å². The van der Waals surface area contributed by atoms with Crippen LogP contribution in [-0.4, -0.2) is 15.9 Å². The molecule has 0 radical (unpaired) electrons. The summed E-state index contributed by atoms with van der Waals surface area (Å²) in [6.07, 6.45) is 2.34. The minimum atomic E-state index is -0.390. The highest BCUT2D eigenvalue weighted by Crippen LogP contribution is 2.55. The van der Waals surface area contributed by atoms with E-state index < -0.39 is 0 Å². The Bertz CT molecular complexity index is 759. The van der Waals surface area contributed by atoms with E-state index in [2.05, 4.69) is 34.6 Å². The van der Waals surface area contributed by atoms with Crippen molar-refractivity contribution < 1.29 is 4.92 Å². The van der Waals surface area contributed by atoms with Crippen molar-refractivity contribution in [2.75, 3.05) is 5.32 Å². The number of hydrogen-bond acceptors (Lipinski definition) is 4. The highest BCUT2D eigenvalue weighted by atomic mass is 16.6. The summed E-state index contributed by atoms with van der Waals surface area (Å²) in [5, 5.41) is 14.3. The van der Waals surface area contributed by atoms with Crippen LogP contribution >= 0.6 is 0 Å². The number of rotatable bonds is 3. The second-order valence-electron chi connectivity index (χ2n) is 6.16. The molecule has 0 aliphatic heterocycles. The van der Waals surface area contributed by atoms with E-state index in [4.69, 9.17) is 0 Å². The summed E-state index contributed by atoms with van der Waals surface area (Å²) in [6, 6.07) is 12.3. The predicted octanol–water partition coefficient (Wildman–Crippen LogP) is 3.44. The zero-order valence-electron chi connectivity index (χ0n) is 12.3. The molecule has 0 saturated heterocycles. The molecule has 4 rings (SSSR count). The summed E-state index contributed by atoms with van der Waals surface area (Å²) in [6.45, 7) is 1.68. The Hall–Kier alpha value is -2.43. The molecule has 2 aromatic rings. The molecule has 1 aromatic carbocycles. The number of nitrogens with one attached hydrogen (secondary N) is 1. The monoisotopic (exact) mass is 295 g/mol. The molecular formula is C17H17N3O2. The van der Waals surface area contributed by atoms with Crippen molar-refractivity contribution in [3.05, 3.63) is 63.3 Å². The van der Waals surface area contributed by atoms with E-state index in [0.29, 0.717) is 23.6 Å². The van der Waals surface area contributed by atoms with E-state index >= 15 is 0 Å². The standard InChI is InChI=1S/C17H17N3O2/c1-10-14(20(21)22)8-9-15(18-10)19-17-13-7-6-11-4-2-3-5-12(11)16(13)17/h2-5,8-9,13,16-17H,6-7H2,1H3,(H,18,19). The first-order valence-electron chi connectivity index (χ1n) is 7.61. The van der Waals surface area contributed by atoms with Gasteiger partial charge in [0.1, 0.15) is 11.5 Å². The molecule has 1 fully saturated rings. The topological polar surface area (TPSA) is 68.1 Å². The lowest BCUT2D eigenvalue weighted by molar-refractivity contribution is -0.385. The zero-order chi connectivity index (χ0) is 15.3. The van der Waals surface area contributed by atoms with Crippen LogP contribution in [0.2, 0.25) is 0 Å². The molecule has 3 atom stereocenters. The van der Waals surface area contributed by atoms with Crippen LogP contribution in [0, 0.1) is 23.0 Å². The van der Waals surface area contributed by atoms with Crippen molar-refractivity contribution in [3.63, 3.8) is 0 Å². The molecule has 2 aliphatic rings. The highest BCUT2D eigenvalue weighted by Gasteiger charge is 2.53. The Labute approximate surface area is 128 Å². The van der Waals surface area contributed by atoms with E-state index in [0.717, 1.165) is 12.2 Å².